The number of amides is 1. The van der Waals surface area contributed by atoms with E-state index in [1.54, 1.807) is 0 Å². The number of nitrogens with zero attached hydrogens (tertiary/aromatic N) is 1. The van der Waals surface area contributed by atoms with Crippen LogP contribution in [0.2, 0.25) is 0 Å². The van der Waals surface area contributed by atoms with Crippen LogP contribution in [0, 0.1) is 13.8 Å². The number of hydrogen-bond donors (Lipinski definition) is 1. The van der Waals surface area contributed by atoms with E-state index in [4.69, 9.17) is 0 Å². The molecular weight excluding hydrogens is 349 g/mol. The zero-order valence-electron chi connectivity index (χ0n) is 14.3. The maximum Gasteiger partial charge on any atom is 0.279 e. The number of anilines is 1. The van der Waals surface area contributed by atoms with E-state index >= 15 is 0 Å². The molecule has 22 heavy (non-hydrogen) atoms. The Balaban J connectivity index is 0.00000242. The van der Waals surface area contributed by atoms with Crippen molar-refractivity contribution in [1.29, 1.82) is 0 Å². The number of para-hydroxylation sites is 1. The van der Waals surface area contributed by atoms with E-state index in [1.165, 1.54) is 25.7 Å². The zero-order chi connectivity index (χ0) is 15.3. The summed E-state index contributed by atoms with van der Waals surface area (Å²) in [6, 6.07) is 6.15. The molecule has 0 saturated carbocycles. The number of quaternary nitrogens is 1. The normalized spacial score (nSPS) is 17.2. The molecule has 0 aliphatic carbocycles. The Labute approximate surface area is 160 Å². The van der Waals surface area contributed by atoms with Gasteiger partial charge in [0.05, 0.1) is 19.6 Å². The predicted molar refractivity (Wildman–Crippen MR) is 88.4 cm³/mol. The van der Waals surface area contributed by atoms with E-state index in [0.717, 1.165) is 40.9 Å². The molecule has 0 bridgehead atoms. The summed E-state index contributed by atoms with van der Waals surface area (Å²) < 4.78 is 0.955. The number of benzene rings is 1. The number of likely N-dealkylation sites (N-methyl/N-ethyl adjacent to an activating group) is 1. The van der Waals surface area contributed by atoms with Crippen LogP contribution in [0.25, 0.3) is 0 Å². The topological polar surface area (TPSA) is 29.1 Å². The molecule has 1 N–H and O–H groups in total. The third kappa shape index (κ3) is 5.14. The van der Waals surface area contributed by atoms with Gasteiger partial charge in [0.2, 0.25) is 0 Å². The monoisotopic (exact) mass is 378 g/mol. The standard InChI is InChI=1S/C18H28N2O.Y/c1-4-20(12-7-5-6-8-13-20)14-17(21)19-18-15(2)10-9-11-16(18)3;/h9-11H,4-8,12-14H2,1-3H3;/p+1. The van der Waals surface area contributed by atoms with Crippen molar-refractivity contribution >= 4 is 11.6 Å². The fraction of sp³-hybridized carbons (Fsp3) is 0.611. The molecule has 1 aliphatic rings. The summed E-state index contributed by atoms with van der Waals surface area (Å²) in [4.78, 5) is 12.5. The Bertz CT molecular complexity index is 474. The second-order valence-corrected chi connectivity index (χ2v) is 6.49. The molecule has 0 aromatic heterocycles. The average molecular weight is 378 g/mol. The maximum absolute atomic E-state index is 12.5. The molecule has 1 aromatic carbocycles. The van der Waals surface area contributed by atoms with Crippen molar-refractivity contribution in [2.24, 2.45) is 0 Å². The number of carbonyl (C=O) groups is 1. The van der Waals surface area contributed by atoms with Crippen LogP contribution in [0.4, 0.5) is 5.69 Å². The minimum Gasteiger partial charge on any atom is -0.321 e. The zero-order valence-corrected chi connectivity index (χ0v) is 17.2. The van der Waals surface area contributed by atoms with Crippen LogP contribution in [-0.4, -0.2) is 36.6 Å². The van der Waals surface area contributed by atoms with Crippen molar-refractivity contribution in [2.45, 2.75) is 46.5 Å². The summed E-state index contributed by atoms with van der Waals surface area (Å²) in [6.45, 7) is 10.3. The Morgan fingerprint density at radius 3 is 2.14 bits per heavy atom. The fourth-order valence-corrected chi connectivity index (χ4v) is 3.44. The quantitative estimate of drug-likeness (QED) is 0.797. The van der Waals surface area contributed by atoms with Gasteiger partial charge >= 0.3 is 0 Å². The van der Waals surface area contributed by atoms with Gasteiger partial charge in [0.1, 0.15) is 0 Å². The minimum atomic E-state index is 0. The number of aryl methyl sites for hydroxylation is 2. The van der Waals surface area contributed by atoms with E-state index in [2.05, 4.69) is 38.2 Å². The first-order valence-corrected chi connectivity index (χ1v) is 8.27. The van der Waals surface area contributed by atoms with Crippen LogP contribution in [0.3, 0.4) is 0 Å². The van der Waals surface area contributed by atoms with Crippen LogP contribution >= 0.6 is 0 Å². The number of hydrogen-bond acceptors (Lipinski definition) is 1. The first-order chi connectivity index (χ1) is 10.1. The van der Waals surface area contributed by atoms with Crippen molar-refractivity contribution in [1.82, 2.24) is 0 Å². The molecule has 1 fully saturated rings. The van der Waals surface area contributed by atoms with E-state index in [-0.39, 0.29) is 38.6 Å². The summed E-state index contributed by atoms with van der Waals surface area (Å²) in [7, 11) is 0. The molecule has 1 amide bonds. The SMILES string of the molecule is CC[N+]1(CC(=O)Nc2c(C)cccc2C)CCCCCC1.[Y]. The van der Waals surface area contributed by atoms with Crippen LogP contribution in [0.1, 0.15) is 43.7 Å². The minimum absolute atomic E-state index is 0. The molecule has 3 nitrogen and oxygen atoms in total. The summed E-state index contributed by atoms with van der Waals surface area (Å²) in [6.07, 6.45) is 5.14. The molecule has 0 unspecified atom stereocenters. The van der Waals surface area contributed by atoms with Gasteiger partial charge in [-0.25, -0.2) is 0 Å². The molecule has 2 rings (SSSR count). The van der Waals surface area contributed by atoms with E-state index in [0.29, 0.717) is 6.54 Å². The second-order valence-electron chi connectivity index (χ2n) is 6.49. The van der Waals surface area contributed by atoms with Gasteiger partial charge in [-0.2, -0.15) is 0 Å². The Morgan fingerprint density at radius 1 is 1.09 bits per heavy atom. The van der Waals surface area contributed by atoms with Crippen LogP contribution in [-0.2, 0) is 37.5 Å². The summed E-state index contributed by atoms with van der Waals surface area (Å²) >= 11 is 0. The molecule has 1 heterocycles. The summed E-state index contributed by atoms with van der Waals surface area (Å²) in [5.41, 5.74) is 3.27. The summed E-state index contributed by atoms with van der Waals surface area (Å²) in [5.74, 6) is 0.163. The van der Waals surface area contributed by atoms with Crippen LogP contribution < -0.4 is 5.32 Å². The molecule has 1 aliphatic heterocycles. The summed E-state index contributed by atoms with van der Waals surface area (Å²) in [5, 5.41) is 3.15. The van der Waals surface area contributed by atoms with Gasteiger partial charge in [-0.05, 0) is 57.6 Å². The van der Waals surface area contributed by atoms with Gasteiger partial charge < -0.3 is 9.80 Å². The molecule has 119 valence electrons. The van der Waals surface area contributed by atoms with Gasteiger partial charge in [-0.1, -0.05) is 18.2 Å². The Kier molecular flexibility index (Phi) is 8.23. The van der Waals surface area contributed by atoms with Crippen molar-refractivity contribution in [3.8, 4) is 0 Å². The van der Waals surface area contributed by atoms with Gasteiger partial charge in [0.15, 0.2) is 6.54 Å². The van der Waals surface area contributed by atoms with Gasteiger partial charge in [0, 0.05) is 38.4 Å². The van der Waals surface area contributed by atoms with Crippen molar-refractivity contribution < 1.29 is 42.0 Å². The van der Waals surface area contributed by atoms with Gasteiger partial charge in [-0.3, -0.25) is 4.79 Å². The van der Waals surface area contributed by atoms with Crippen molar-refractivity contribution in [3.63, 3.8) is 0 Å². The van der Waals surface area contributed by atoms with E-state index < -0.39 is 0 Å². The average Bonchev–Trinajstić information content (AvgIpc) is 2.69. The van der Waals surface area contributed by atoms with E-state index in [9.17, 15) is 4.79 Å². The molecular formula is C18H29N2OY+. The Morgan fingerprint density at radius 2 is 1.64 bits per heavy atom. The molecule has 0 atom stereocenters. The van der Waals surface area contributed by atoms with Crippen LogP contribution in [0.15, 0.2) is 18.2 Å². The molecule has 1 aromatic rings. The smallest absolute Gasteiger partial charge is 0.279 e. The first-order valence-electron chi connectivity index (χ1n) is 8.27. The van der Waals surface area contributed by atoms with Crippen molar-refractivity contribution in [3.05, 3.63) is 29.3 Å². The fourth-order valence-electron chi connectivity index (χ4n) is 3.44. The van der Waals surface area contributed by atoms with Crippen molar-refractivity contribution in [2.75, 3.05) is 31.5 Å². The molecule has 1 saturated heterocycles. The number of rotatable bonds is 4. The van der Waals surface area contributed by atoms with E-state index in [1.807, 2.05) is 6.07 Å². The second kappa shape index (κ2) is 9.15. The molecule has 0 spiro atoms. The third-order valence-electron chi connectivity index (χ3n) is 4.91. The first kappa shape index (κ1) is 19.8. The van der Waals surface area contributed by atoms with Gasteiger partial charge in [-0.15, -0.1) is 0 Å². The maximum atomic E-state index is 12.5. The number of nitrogens with one attached hydrogen (secondary N) is 1. The predicted octanol–water partition coefficient (Wildman–Crippen LogP) is 3.65. The third-order valence-corrected chi connectivity index (χ3v) is 4.91. The Hall–Kier alpha value is -0.246. The van der Waals surface area contributed by atoms with Crippen LogP contribution in [0.5, 0.6) is 0 Å². The largest absolute Gasteiger partial charge is 0.321 e. The molecule has 4 heteroatoms. The number of carbonyl (C=O) groups excluding carboxylic acids is 1. The van der Waals surface area contributed by atoms with Gasteiger partial charge in [0.25, 0.3) is 5.91 Å². The molecule has 1 radical (unpaired) electrons. The number of likely N-dealkylation sites (tertiary alicyclic amines) is 1.